The van der Waals surface area contributed by atoms with Gasteiger partial charge in [0.15, 0.2) is 0 Å². The zero-order chi connectivity index (χ0) is 12.3. The van der Waals surface area contributed by atoms with E-state index in [1.54, 1.807) is 0 Å². The van der Waals surface area contributed by atoms with Gasteiger partial charge in [-0.05, 0) is 36.6 Å². The Kier molecular flexibility index (Phi) is 3.43. The largest absolute Gasteiger partial charge is 0.387 e. The zero-order valence-electron chi connectivity index (χ0n) is 10.6. The number of hydrogen-bond acceptors (Lipinski definition) is 2. The summed E-state index contributed by atoms with van der Waals surface area (Å²) in [5.41, 5.74) is 6.06. The minimum Gasteiger partial charge on any atom is -0.387 e. The third-order valence-corrected chi connectivity index (χ3v) is 3.01. The van der Waals surface area contributed by atoms with Crippen molar-refractivity contribution in [1.29, 1.82) is 0 Å². The van der Waals surface area contributed by atoms with Gasteiger partial charge in [-0.3, -0.25) is 4.98 Å². The molecule has 0 unspecified atom stereocenters. The number of nitrogens with zero attached hydrogens (tertiary/aromatic N) is 1. The van der Waals surface area contributed by atoms with E-state index in [1.165, 1.54) is 22.4 Å². The fourth-order valence-corrected chi connectivity index (χ4v) is 2.08. The highest BCUT2D eigenvalue weighted by molar-refractivity contribution is 5.80. The molecule has 0 spiro atoms. The molecule has 2 heteroatoms. The van der Waals surface area contributed by atoms with Crippen molar-refractivity contribution in [2.24, 2.45) is 0 Å². The first kappa shape index (κ1) is 11.6. The van der Waals surface area contributed by atoms with Crippen molar-refractivity contribution < 1.29 is 0 Å². The second kappa shape index (κ2) is 5.00. The first-order valence-corrected chi connectivity index (χ1v) is 5.99. The van der Waals surface area contributed by atoms with Gasteiger partial charge in [-0.2, -0.15) is 0 Å². The van der Waals surface area contributed by atoms with Crippen molar-refractivity contribution in [3.05, 3.63) is 47.8 Å². The van der Waals surface area contributed by atoms with Gasteiger partial charge in [0.05, 0.1) is 0 Å². The van der Waals surface area contributed by atoms with E-state index >= 15 is 0 Å². The number of para-hydroxylation sites is 1. The summed E-state index contributed by atoms with van der Waals surface area (Å²) in [6.45, 7) is 4.25. The SMILES string of the molecule is CCc1cc(-c2cccc(C)c2NC)ccn1. The molecular weight excluding hydrogens is 208 g/mol. The summed E-state index contributed by atoms with van der Waals surface area (Å²) in [7, 11) is 1.97. The van der Waals surface area contributed by atoms with E-state index in [4.69, 9.17) is 0 Å². The van der Waals surface area contributed by atoms with Gasteiger partial charge in [0.1, 0.15) is 0 Å². The van der Waals surface area contributed by atoms with Crippen LogP contribution in [0.2, 0.25) is 0 Å². The van der Waals surface area contributed by atoms with Gasteiger partial charge < -0.3 is 5.32 Å². The molecule has 0 amide bonds. The topological polar surface area (TPSA) is 24.9 Å². The molecule has 2 rings (SSSR count). The van der Waals surface area contributed by atoms with Gasteiger partial charge in [0.25, 0.3) is 0 Å². The highest BCUT2D eigenvalue weighted by Crippen LogP contribution is 2.30. The molecule has 1 N–H and O–H groups in total. The number of aryl methyl sites for hydroxylation is 2. The zero-order valence-corrected chi connectivity index (χ0v) is 10.6. The molecule has 0 bridgehead atoms. The average Bonchev–Trinajstić information content (AvgIpc) is 2.38. The van der Waals surface area contributed by atoms with Crippen LogP contribution >= 0.6 is 0 Å². The van der Waals surface area contributed by atoms with Crippen LogP contribution in [-0.2, 0) is 6.42 Å². The molecule has 0 fully saturated rings. The van der Waals surface area contributed by atoms with Crippen LogP contribution in [0.15, 0.2) is 36.5 Å². The molecule has 0 saturated carbocycles. The van der Waals surface area contributed by atoms with Crippen molar-refractivity contribution in [1.82, 2.24) is 4.98 Å². The Hall–Kier alpha value is -1.83. The summed E-state index contributed by atoms with van der Waals surface area (Å²) in [4.78, 5) is 4.34. The predicted molar refractivity (Wildman–Crippen MR) is 73.3 cm³/mol. The maximum Gasteiger partial charge on any atom is 0.0447 e. The molecular formula is C15H18N2. The van der Waals surface area contributed by atoms with Gasteiger partial charge in [0, 0.05) is 30.2 Å². The molecule has 0 radical (unpaired) electrons. The van der Waals surface area contributed by atoms with Crippen LogP contribution in [0.5, 0.6) is 0 Å². The lowest BCUT2D eigenvalue weighted by molar-refractivity contribution is 1.04. The molecule has 2 nitrogen and oxygen atoms in total. The highest BCUT2D eigenvalue weighted by Gasteiger charge is 2.06. The number of pyridine rings is 1. The normalized spacial score (nSPS) is 10.3. The Morgan fingerprint density at radius 1 is 1.24 bits per heavy atom. The maximum atomic E-state index is 4.34. The van der Waals surface area contributed by atoms with Crippen molar-refractivity contribution in [2.45, 2.75) is 20.3 Å². The maximum absolute atomic E-state index is 4.34. The molecule has 0 saturated heterocycles. The van der Waals surface area contributed by atoms with Gasteiger partial charge in [0.2, 0.25) is 0 Å². The molecule has 1 aromatic carbocycles. The molecule has 17 heavy (non-hydrogen) atoms. The van der Waals surface area contributed by atoms with Crippen LogP contribution in [0, 0.1) is 6.92 Å². The van der Waals surface area contributed by atoms with Gasteiger partial charge in [-0.25, -0.2) is 0 Å². The lowest BCUT2D eigenvalue weighted by atomic mass is 10.0. The molecule has 0 aliphatic heterocycles. The summed E-state index contributed by atoms with van der Waals surface area (Å²) >= 11 is 0. The monoisotopic (exact) mass is 226 g/mol. The van der Waals surface area contributed by atoms with Crippen LogP contribution in [-0.4, -0.2) is 12.0 Å². The van der Waals surface area contributed by atoms with Crippen molar-refractivity contribution in [3.8, 4) is 11.1 Å². The van der Waals surface area contributed by atoms with E-state index in [1.807, 2.05) is 13.2 Å². The lowest BCUT2D eigenvalue weighted by Crippen LogP contribution is -1.96. The van der Waals surface area contributed by atoms with Crippen LogP contribution in [0.4, 0.5) is 5.69 Å². The number of nitrogens with one attached hydrogen (secondary N) is 1. The first-order valence-electron chi connectivity index (χ1n) is 5.99. The third kappa shape index (κ3) is 2.31. The van der Waals surface area contributed by atoms with Gasteiger partial charge in [-0.15, -0.1) is 0 Å². The Morgan fingerprint density at radius 2 is 2.06 bits per heavy atom. The second-order valence-corrected chi connectivity index (χ2v) is 4.14. The van der Waals surface area contributed by atoms with E-state index in [0.29, 0.717) is 0 Å². The number of rotatable bonds is 3. The Labute approximate surface area is 103 Å². The molecule has 0 aliphatic carbocycles. The molecule has 0 atom stereocenters. The molecule has 1 heterocycles. The van der Waals surface area contributed by atoms with Crippen LogP contribution in [0.3, 0.4) is 0 Å². The van der Waals surface area contributed by atoms with E-state index in [-0.39, 0.29) is 0 Å². The van der Waals surface area contributed by atoms with E-state index in [9.17, 15) is 0 Å². The van der Waals surface area contributed by atoms with Crippen molar-refractivity contribution in [3.63, 3.8) is 0 Å². The highest BCUT2D eigenvalue weighted by atomic mass is 14.8. The lowest BCUT2D eigenvalue weighted by Gasteiger charge is -2.12. The van der Waals surface area contributed by atoms with E-state index in [0.717, 1.165) is 12.1 Å². The number of hydrogen-bond donors (Lipinski definition) is 1. The predicted octanol–water partition coefficient (Wildman–Crippen LogP) is 3.66. The van der Waals surface area contributed by atoms with Crippen molar-refractivity contribution in [2.75, 3.05) is 12.4 Å². The van der Waals surface area contributed by atoms with Crippen molar-refractivity contribution >= 4 is 5.69 Å². The standard InChI is InChI=1S/C15H18N2/c1-4-13-10-12(8-9-17-13)14-7-5-6-11(2)15(14)16-3/h5-10,16H,4H2,1-3H3. The number of anilines is 1. The second-order valence-electron chi connectivity index (χ2n) is 4.14. The fourth-order valence-electron chi connectivity index (χ4n) is 2.08. The quantitative estimate of drug-likeness (QED) is 0.864. The minimum atomic E-state index is 0.967. The smallest absolute Gasteiger partial charge is 0.0447 e. The number of benzene rings is 1. The third-order valence-electron chi connectivity index (χ3n) is 3.01. The number of aromatic nitrogens is 1. The fraction of sp³-hybridized carbons (Fsp3) is 0.267. The van der Waals surface area contributed by atoms with E-state index < -0.39 is 0 Å². The van der Waals surface area contributed by atoms with Crippen LogP contribution in [0.25, 0.3) is 11.1 Å². The Bertz CT molecular complexity index is 518. The van der Waals surface area contributed by atoms with Crippen LogP contribution < -0.4 is 5.32 Å². The molecule has 1 aromatic heterocycles. The average molecular weight is 226 g/mol. The van der Waals surface area contributed by atoms with Crippen LogP contribution in [0.1, 0.15) is 18.2 Å². The summed E-state index contributed by atoms with van der Waals surface area (Å²) in [6, 6.07) is 10.6. The summed E-state index contributed by atoms with van der Waals surface area (Å²) < 4.78 is 0. The van der Waals surface area contributed by atoms with E-state index in [2.05, 4.69) is 54.5 Å². The summed E-state index contributed by atoms with van der Waals surface area (Å²) in [5, 5.41) is 3.28. The van der Waals surface area contributed by atoms with Gasteiger partial charge in [-0.1, -0.05) is 25.1 Å². The van der Waals surface area contributed by atoms with Gasteiger partial charge >= 0.3 is 0 Å². The Balaban J connectivity index is 2.55. The summed E-state index contributed by atoms with van der Waals surface area (Å²) in [5.74, 6) is 0. The molecule has 88 valence electrons. The Morgan fingerprint density at radius 3 is 2.76 bits per heavy atom. The molecule has 2 aromatic rings. The summed E-state index contributed by atoms with van der Waals surface area (Å²) in [6.07, 6.45) is 2.85. The minimum absolute atomic E-state index is 0.967. The first-order chi connectivity index (χ1) is 8.26. The molecule has 0 aliphatic rings.